The molecule has 136 valence electrons. The molecule has 0 radical (unpaired) electrons. The number of amides is 2. The van der Waals surface area contributed by atoms with Gasteiger partial charge in [-0.05, 0) is 32.9 Å². The molecule has 8 heteroatoms. The first-order valence-electron chi connectivity index (χ1n) is 8.72. The second-order valence-electron chi connectivity index (χ2n) is 6.67. The fraction of sp³-hybridized carbons (Fsp3) is 0.588. The summed E-state index contributed by atoms with van der Waals surface area (Å²) in [6, 6.07) is 5.75. The van der Waals surface area contributed by atoms with Gasteiger partial charge in [-0.25, -0.2) is 4.79 Å². The van der Waals surface area contributed by atoms with Crippen LogP contribution in [0.25, 0.3) is 5.65 Å². The van der Waals surface area contributed by atoms with Gasteiger partial charge in [0.25, 0.3) is 0 Å². The Kier molecular flexibility index (Phi) is 5.50. The van der Waals surface area contributed by atoms with E-state index in [0.29, 0.717) is 18.9 Å². The molecule has 0 bridgehead atoms. The van der Waals surface area contributed by atoms with Gasteiger partial charge in [0, 0.05) is 31.9 Å². The summed E-state index contributed by atoms with van der Waals surface area (Å²) in [5.74, 6) is 0.703. The van der Waals surface area contributed by atoms with Crippen molar-refractivity contribution >= 4 is 11.7 Å². The number of rotatable bonds is 5. The number of morpholine rings is 1. The molecule has 8 nitrogen and oxygen atoms in total. The topological polar surface area (TPSA) is 83.8 Å². The molecule has 25 heavy (non-hydrogen) atoms. The zero-order valence-corrected chi connectivity index (χ0v) is 15.0. The number of carbonyl (C=O) groups excluding carboxylic acids is 1. The van der Waals surface area contributed by atoms with Gasteiger partial charge in [0.15, 0.2) is 11.5 Å². The standard InChI is InChI=1S/C17H26N6O2/c1-12(22-10-13(2)25-14(3)11-22)8-18-17(24)19-9-16-21-20-15-6-4-5-7-23(15)16/h4-7,12-14H,8-11H2,1-3H3,(H2,18,19,24)/t12-,13-,14-/m1/s1. The molecule has 3 atom stereocenters. The quantitative estimate of drug-likeness (QED) is 0.845. The van der Waals surface area contributed by atoms with Gasteiger partial charge in [0.05, 0.1) is 18.8 Å². The highest BCUT2D eigenvalue weighted by molar-refractivity contribution is 5.73. The molecule has 2 aromatic rings. The van der Waals surface area contributed by atoms with E-state index in [9.17, 15) is 4.79 Å². The maximum atomic E-state index is 12.1. The van der Waals surface area contributed by atoms with Gasteiger partial charge in [-0.1, -0.05) is 6.07 Å². The molecular weight excluding hydrogens is 320 g/mol. The lowest BCUT2D eigenvalue weighted by Crippen LogP contribution is -2.53. The summed E-state index contributed by atoms with van der Waals surface area (Å²) in [6.45, 7) is 8.98. The molecule has 0 aromatic carbocycles. The third-order valence-electron chi connectivity index (χ3n) is 4.42. The van der Waals surface area contributed by atoms with Crippen molar-refractivity contribution in [1.82, 2.24) is 30.1 Å². The van der Waals surface area contributed by atoms with E-state index in [1.54, 1.807) is 0 Å². The van der Waals surface area contributed by atoms with E-state index in [1.165, 1.54) is 0 Å². The van der Waals surface area contributed by atoms with Crippen LogP contribution in [0.3, 0.4) is 0 Å². The Morgan fingerprint density at radius 2 is 2.04 bits per heavy atom. The van der Waals surface area contributed by atoms with Crippen molar-refractivity contribution in [1.29, 1.82) is 0 Å². The molecule has 3 heterocycles. The van der Waals surface area contributed by atoms with Crippen LogP contribution in [0.5, 0.6) is 0 Å². The number of nitrogens with zero attached hydrogens (tertiary/aromatic N) is 4. The van der Waals surface area contributed by atoms with Gasteiger partial charge in [0.1, 0.15) is 0 Å². The predicted molar refractivity (Wildman–Crippen MR) is 94.3 cm³/mol. The first kappa shape index (κ1) is 17.6. The van der Waals surface area contributed by atoms with Crippen LogP contribution in [-0.2, 0) is 11.3 Å². The Morgan fingerprint density at radius 1 is 1.28 bits per heavy atom. The molecule has 2 aromatic heterocycles. The molecule has 1 aliphatic rings. The summed E-state index contributed by atoms with van der Waals surface area (Å²) in [6.07, 6.45) is 2.33. The van der Waals surface area contributed by atoms with Crippen molar-refractivity contribution in [3.8, 4) is 0 Å². The number of fused-ring (bicyclic) bond motifs is 1. The van der Waals surface area contributed by atoms with Crippen molar-refractivity contribution in [3.05, 3.63) is 30.2 Å². The molecule has 2 amide bonds. The van der Waals surface area contributed by atoms with Crippen molar-refractivity contribution < 1.29 is 9.53 Å². The highest BCUT2D eigenvalue weighted by Crippen LogP contribution is 2.13. The van der Waals surface area contributed by atoms with E-state index in [-0.39, 0.29) is 24.3 Å². The monoisotopic (exact) mass is 346 g/mol. The molecule has 3 rings (SSSR count). The van der Waals surface area contributed by atoms with Crippen LogP contribution in [0, 0.1) is 0 Å². The zero-order valence-electron chi connectivity index (χ0n) is 15.0. The number of pyridine rings is 1. The van der Waals surface area contributed by atoms with Gasteiger partial charge < -0.3 is 15.4 Å². The third-order valence-corrected chi connectivity index (χ3v) is 4.42. The van der Waals surface area contributed by atoms with Crippen LogP contribution in [0.4, 0.5) is 4.79 Å². The van der Waals surface area contributed by atoms with Crippen LogP contribution in [0.1, 0.15) is 26.6 Å². The molecule has 1 fully saturated rings. The maximum Gasteiger partial charge on any atom is 0.315 e. The largest absolute Gasteiger partial charge is 0.373 e. The zero-order chi connectivity index (χ0) is 17.8. The van der Waals surface area contributed by atoms with E-state index in [1.807, 2.05) is 28.8 Å². The van der Waals surface area contributed by atoms with Crippen LogP contribution in [0.15, 0.2) is 24.4 Å². The molecule has 1 aliphatic heterocycles. The second-order valence-corrected chi connectivity index (χ2v) is 6.67. The summed E-state index contributed by atoms with van der Waals surface area (Å²) < 4.78 is 7.61. The molecule has 0 spiro atoms. The second kappa shape index (κ2) is 7.79. The first-order chi connectivity index (χ1) is 12.0. The molecule has 2 N–H and O–H groups in total. The highest BCUT2D eigenvalue weighted by Gasteiger charge is 2.25. The average Bonchev–Trinajstić information content (AvgIpc) is 3.00. The molecule has 0 saturated carbocycles. The van der Waals surface area contributed by atoms with Gasteiger partial charge in [-0.15, -0.1) is 10.2 Å². The number of aromatic nitrogens is 3. The van der Waals surface area contributed by atoms with Gasteiger partial charge in [-0.2, -0.15) is 0 Å². The predicted octanol–water partition coefficient (Wildman–Crippen LogP) is 1.03. The number of ether oxygens (including phenoxy) is 1. The Hall–Kier alpha value is -2.19. The Balaban J connectivity index is 1.45. The lowest BCUT2D eigenvalue weighted by atomic mass is 10.2. The van der Waals surface area contributed by atoms with Crippen LogP contribution in [-0.4, -0.2) is 63.4 Å². The minimum absolute atomic E-state index is 0.200. The van der Waals surface area contributed by atoms with Crippen molar-refractivity contribution in [2.45, 2.75) is 45.6 Å². The van der Waals surface area contributed by atoms with Crippen molar-refractivity contribution in [2.24, 2.45) is 0 Å². The third kappa shape index (κ3) is 4.46. The Morgan fingerprint density at radius 3 is 2.80 bits per heavy atom. The molecule has 0 aliphatic carbocycles. The summed E-state index contributed by atoms with van der Waals surface area (Å²) >= 11 is 0. The molecular formula is C17H26N6O2. The molecule has 1 saturated heterocycles. The van der Waals surface area contributed by atoms with E-state index >= 15 is 0 Å². The normalized spacial score (nSPS) is 22.7. The van der Waals surface area contributed by atoms with Crippen LogP contribution >= 0.6 is 0 Å². The van der Waals surface area contributed by atoms with Gasteiger partial charge in [0.2, 0.25) is 0 Å². The van der Waals surface area contributed by atoms with Crippen molar-refractivity contribution in [2.75, 3.05) is 19.6 Å². The number of hydrogen-bond acceptors (Lipinski definition) is 5. The number of carbonyl (C=O) groups is 1. The molecule has 0 unspecified atom stereocenters. The summed E-state index contributed by atoms with van der Waals surface area (Å²) in [7, 11) is 0. The number of nitrogens with one attached hydrogen (secondary N) is 2. The fourth-order valence-corrected chi connectivity index (χ4v) is 3.18. The smallest absolute Gasteiger partial charge is 0.315 e. The summed E-state index contributed by atoms with van der Waals surface area (Å²) in [4.78, 5) is 14.4. The van der Waals surface area contributed by atoms with Gasteiger partial charge >= 0.3 is 6.03 Å². The summed E-state index contributed by atoms with van der Waals surface area (Å²) in [5.41, 5.74) is 0.767. The minimum atomic E-state index is -0.200. The minimum Gasteiger partial charge on any atom is -0.373 e. The van der Waals surface area contributed by atoms with E-state index in [2.05, 4.69) is 46.5 Å². The lowest BCUT2D eigenvalue weighted by molar-refractivity contribution is -0.0778. The highest BCUT2D eigenvalue weighted by atomic mass is 16.5. The number of urea groups is 1. The van der Waals surface area contributed by atoms with E-state index < -0.39 is 0 Å². The lowest BCUT2D eigenvalue weighted by Gasteiger charge is -2.38. The SMILES string of the molecule is C[C@@H]1CN([C@H](C)CNC(=O)NCc2nnc3ccccn23)C[C@@H](C)O1. The maximum absolute atomic E-state index is 12.1. The van der Waals surface area contributed by atoms with E-state index in [4.69, 9.17) is 4.74 Å². The summed E-state index contributed by atoms with van der Waals surface area (Å²) in [5, 5.41) is 13.9. The van der Waals surface area contributed by atoms with Crippen LogP contribution < -0.4 is 10.6 Å². The van der Waals surface area contributed by atoms with Crippen molar-refractivity contribution in [3.63, 3.8) is 0 Å². The Bertz CT molecular complexity index is 708. The number of hydrogen-bond donors (Lipinski definition) is 2. The Labute approximate surface area is 147 Å². The first-order valence-corrected chi connectivity index (χ1v) is 8.72. The van der Waals surface area contributed by atoms with E-state index in [0.717, 1.165) is 18.7 Å². The fourth-order valence-electron chi connectivity index (χ4n) is 3.18. The van der Waals surface area contributed by atoms with Crippen LogP contribution in [0.2, 0.25) is 0 Å². The van der Waals surface area contributed by atoms with Gasteiger partial charge in [-0.3, -0.25) is 9.30 Å². The average molecular weight is 346 g/mol.